The summed E-state index contributed by atoms with van der Waals surface area (Å²) in [5, 5.41) is 2.75. The van der Waals surface area contributed by atoms with Crippen LogP contribution in [0, 0.1) is 0 Å². The highest BCUT2D eigenvalue weighted by Gasteiger charge is 2.31. The molecule has 0 aromatic heterocycles. The third kappa shape index (κ3) is 3.22. The van der Waals surface area contributed by atoms with Crippen molar-refractivity contribution < 1.29 is 27.5 Å². The van der Waals surface area contributed by atoms with E-state index in [4.69, 9.17) is 9.47 Å². The van der Waals surface area contributed by atoms with Gasteiger partial charge in [-0.1, -0.05) is 0 Å². The van der Waals surface area contributed by atoms with Crippen molar-refractivity contribution in [2.75, 3.05) is 37.5 Å². The molecule has 0 saturated carbocycles. The number of amides is 2. The molecule has 30 heavy (non-hydrogen) atoms. The van der Waals surface area contributed by atoms with Crippen LogP contribution in [0.3, 0.4) is 0 Å². The molecule has 0 aliphatic carbocycles. The Bertz CT molecular complexity index is 1150. The lowest BCUT2D eigenvalue weighted by Crippen LogP contribution is -2.44. The molecule has 0 radical (unpaired) electrons. The first-order valence-corrected chi connectivity index (χ1v) is 10.7. The number of nitrogens with zero attached hydrogens (tertiary/aromatic N) is 2. The number of sulfonamides is 1. The molecule has 2 aromatic carbocycles. The molecule has 9 nitrogen and oxygen atoms in total. The maximum atomic E-state index is 13.0. The van der Waals surface area contributed by atoms with Crippen molar-refractivity contribution >= 4 is 33.2 Å². The van der Waals surface area contributed by atoms with Gasteiger partial charge in [-0.3, -0.25) is 9.59 Å². The number of ether oxygens (including phenoxy) is 2. The number of likely N-dealkylation sites (N-methyl/N-ethyl adjacent to an activating group) is 1. The van der Waals surface area contributed by atoms with E-state index in [2.05, 4.69) is 5.32 Å². The van der Waals surface area contributed by atoms with Crippen LogP contribution in [0.1, 0.15) is 17.3 Å². The molecular formula is C20H21N3O6S. The summed E-state index contributed by atoms with van der Waals surface area (Å²) in [6, 6.07) is 8.57. The van der Waals surface area contributed by atoms with Gasteiger partial charge in [-0.15, -0.1) is 0 Å². The average Bonchev–Trinajstić information content (AvgIpc) is 2.75. The number of rotatable bonds is 3. The first-order valence-electron chi connectivity index (χ1n) is 9.31. The zero-order valence-electron chi connectivity index (χ0n) is 16.7. The van der Waals surface area contributed by atoms with Gasteiger partial charge in [-0.2, -0.15) is 0 Å². The molecule has 0 fully saturated rings. The van der Waals surface area contributed by atoms with Gasteiger partial charge in [0.25, 0.3) is 15.9 Å². The van der Waals surface area contributed by atoms with E-state index < -0.39 is 15.9 Å². The minimum absolute atomic E-state index is 0.0811. The highest BCUT2D eigenvalue weighted by molar-refractivity contribution is 7.89. The van der Waals surface area contributed by atoms with E-state index in [1.54, 1.807) is 24.9 Å². The van der Waals surface area contributed by atoms with Crippen LogP contribution in [0.25, 0.3) is 0 Å². The van der Waals surface area contributed by atoms with Crippen molar-refractivity contribution in [1.29, 1.82) is 0 Å². The van der Waals surface area contributed by atoms with Gasteiger partial charge in [0.2, 0.25) is 5.91 Å². The predicted octanol–water partition coefficient (Wildman–Crippen LogP) is 1.70. The number of anilines is 2. The second-order valence-electron chi connectivity index (χ2n) is 7.09. The van der Waals surface area contributed by atoms with Gasteiger partial charge >= 0.3 is 0 Å². The van der Waals surface area contributed by atoms with Crippen molar-refractivity contribution in [3.05, 3.63) is 42.0 Å². The largest absolute Gasteiger partial charge is 0.486 e. The third-order valence-electron chi connectivity index (χ3n) is 5.30. The van der Waals surface area contributed by atoms with Crippen molar-refractivity contribution in [3.8, 4) is 11.5 Å². The summed E-state index contributed by atoms with van der Waals surface area (Å²) in [5.74, 6) is -0.148. The zero-order valence-corrected chi connectivity index (χ0v) is 17.5. The molecule has 0 saturated heterocycles. The lowest BCUT2D eigenvalue weighted by atomic mass is 10.1. The molecule has 10 heteroatoms. The van der Waals surface area contributed by atoms with Gasteiger partial charge in [0.15, 0.2) is 11.5 Å². The monoisotopic (exact) mass is 431 g/mol. The standard InChI is InChI=1S/C20H21N3O6S/c1-12-19(24)21-15-10-13(4-6-16(15)22(12)2)20(25)23(3)30(26,27)14-5-7-17-18(11-14)29-9-8-28-17/h4-7,10-12H,8-9H2,1-3H3,(H,21,24). The maximum Gasteiger partial charge on any atom is 0.267 e. The number of carbonyl (C=O) groups excluding carboxylic acids is 2. The average molecular weight is 431 g/mol. The Hall–Kier alpha value is -3.27. The fourth-order valence-corrected chi connectivity index (χ4v) is 4.47. The summed E-state index contributed by atoms with van der Waals surface area (Å²) in [4.78, 5) is 26.7. The fraction of sp³-hybridized carbons (Fsp3) is 0.300. The smallest absolute Gasteiger partial charge is 0.267 e. The molecule has 2 aromatic rings. The van der Waals surface area contributed by atoms with Gasteiger partial charge in [0.1, 0.15) is 19.3 Å². The molecule has 2 aliphatic rings. The third-order valence-corrected chi connectivity index (χ3v) is 7.04. The van der Waals surface area contributed by atoms with Crippen LogP contribution in [-0.4, -0.2) is 57.9 Å². The highest BCUT2D eigenvalue weighted by Crippen LogP contribution is 2.34. The number of carbonyl (C=O) groups is 2. The number of hydrogen-bond acceptors (Lipinski definition) is 7. The summed E-state index contributed by atoms with van der Waals surface area (Å²) in [6.45, 7) is 2.48. The molecule has 2 heterocycles. The van der Waals surface area contributed by atoms with Crippen molar-refractivity contribution in [1.82, 2.24) is 4.31 Å². The zero-order chi connectivity index (χ0) is 21.6. The second kappa shape index (κ2) is 7.21. The SMILES string of the molecule is CC1C(=O)Nc2cc(C(=O)N(C)S(=O)(=O)c3ccc4c(c3)OCCO4)ccc2N1C. The Labute approximate surface area is 174 Å². The van der Waals surface area contributed by atoms with E-state index in [1.807, 2.05) is 0 Å². The molecule has 4 rings (SSSR count). The van der Waals surface area contributed by atoms with Crippen molar-refractivity contribution in [3.63, 3.8) is 0 Å². The van der Waals surface area contributed by atoms with E-state index >= 15 is 0 Å². The van der Waals surface area contributed by atoms with E-state index in [1.165, 1.54) is 37.4 Å². The summed E-state index contributed by atoms with van der Waals surface area (Å²) in [7, 11) is -1.15. The van der Waals surface area contributed by atoms with E-state index in [9.17, 15) is 18.0 Å². The molecular weight excluding hydrogens is 410 g/mol. The number of benzene rings is 2. The van der Waals surface area contributed by atoms with E-state index in [-0.39, 0.29) is 22.4 Å². The van der Waals surface area contributed by atoms with Gasteiger partial charge in [-0.25, -0.2) is 12.7 Å². The Balaban J connectivity index is 1.63. The van der Waals surface area contributed by atoms with Crippen molar-refractivity contribution in [2.24, 2.45) is 0 Å². The molecule has 0 spiro atoms. The summed E-state index contributed by atoms with van der Waals surface area (Å²) >= 11 is 0. The molecule has 2 amide bonds. The van der Waals surface area contributed by atoms with Crippen LogP contribution in [0.2, 0.25) is 0 Å². The summed E-state index contributed by atoms with van der Waals surface area (Å²) in [6.07, 6.45) is 0. The lowest BCUT2D eigenvalue weighted by Gasteiger charge is -2.33. The molecule has 1 N–H and O–H groups in total. The highest BCUT2D eigenvalue weighted by atomic mass is 32.2. The van der Waals surface area contributed by atoms with Crippen LogP contribution < -0.4 is 19.7 Å². The fourth-order valence-electron chi connectivity index (χ4n) is 3.33. The van der Waals surface area contributed by atoms with Crippen LogP contribution in [-0.2, 0) is 14.8 Å². The van der Waals surface area contributed by atoms with Gasteiger partial charge in [0, 0.05) is 25.7 Å². The quantitative estimate of drug-likeness (QED) is 0.788. The Morgan fingerprint density at radius 2 is 1.83 bits per heavy atom. The first-order chi connectivity index (χ1) is 14.2. The van der Waals surface area contributed by atoms with Crippen LogP contribution in [0.15, 0.2) is 41.3 Å². The summed E-state index contributed by atoms with van der Waals surface area (Å²) < 4.78 is 37.5. The minimum Gasteiger partial charge on any atom is -0.486 e. The van der Waals surface area contributed by atoms with Gasteiger partial charge < -0.3 is 19.7 Å². The normalized spacial score (nSPS) is 17.8. The second-order valence-corrected chi connectivity index (χ2v) is 9.06. The predicted molar refractivity (Wildman–Crippen MR) is 110 cm³/mol. The minimum atomic E-state index is -4.12. The van der Waals surface area contributed by atoms with Crippen LogP contribution in [0.4, 0.5) is 11.4 Å². The number of fused-ring (bicyclic) bond motifs is 2. The Morgan fingerprint density at radius 1 is 1.13 bits per heavy atom. The Kier molecular flexibility index (Phi) is 4.81. The lowest BCUT2D eigenvalue weighted by molar-refractivity contribution is -0.117. The topological polar surface area (TPSA) is 105 Å². The van der Waals surface area contributed by atoms with Gasteiger partial charge in [-0.05, 0) is 37.3 Å². The van der Waals surface area contributed by atoms with E-state index in [0.29, 0.717) is 34.7 Å². The number of hydrogen-bond donors (Lipinski definition) is 1. The number of nitrogens with one attached hydrogen (secondary N) is 1. The van der Waals surface area contributed by atoms with Gasteiger partial charge in [0.05, 0.1) is 16.3 Å². The molecule has 2 aliphatic heterocycles. The van der Waals surface area contributed by atoms with Crippen molar-refractivity contribution in [2.45, 2.75) is 17.9 Å². The molecule has 158 valence electrons. The van der Waals surface area contributed by atoms with E-state index in [0.717, 1.165) is 5.69 Å². The Morgan fingerprint density at radius 3 is 2.57 bits per heavy atom. The van der Waals surface area contributed by atoms with Crippen LogP contribution in [0.5, 0.6) is 11.5 Å². The summed E-state index contributed by atoms with van der Waals surface area (Å²) in [5.41, 5.74) is 1.34. The first kappa shape index (κ1) is 20.0. The molecule has 1 unspecified atom stereocenters. The molecule has 1 atom stereocenters. The maximum absolute atomic E-state index is 13.0. The molecule has 0 bridgehead atoms. The van der Waals surface area contributed by atoms with Crippen LogP contribution >= 0.6 is 0 Å².